The molecule has 0 saturated carbocycles. The highest BCUT2D eigenvalue weighted by molar-refractivity contribution is 9.10. The lowest BCUT2D eigenvalue weighted by Gasteiger charge is -2.18. The predicted molar refractivity (Wildman–Crippen MR) is 76.8 cm³/mol. The maximum atomic E-state index is 4.55. The van der Waals surface area contributed by atoms with E-state index in [1.165, 1.54) is 0 Å². The molecule has 0 N–H and O–H groups in total. The minimum atomic E-state index is 0.978. The van der Waals surface area contributed by atoms with E-state index in [4.69, 9.17) is 0 Å². The number of rotatable bonds is 5. The maximum Gasteiger partial charge on any atom is 0.128 e. The van der Waals surface area contributed by atoms with Crippen molar-refractivity contribution in [2.45, 2.75) is 19.9 Å². The Kier molecular flexibility index (Phi) is 4.36. The maximum absolute atomic E-state index is 4.55. The lowest BCUT2D eigenvalue weighted by atomic mass is 10.3. The second-order valence-electron chi connectivity index (χ2n) is 4.31. The van der Waals surface area contributed by atoms with Crippen molar-refractivity contribution in [3.63, 3.8) is 0 Å². The topological polar surface area (TPSA) is 34.0 Å². The summed E-state index contributed by atoms with van der Waals surface area (Å²) in [5, 5.41) is 0. The molecule has 4 nitrogen and oxygen atoms in total. The monoisotopic (exact) mass is 308 g/mol. The van der Waals surface area contributed by atoms with Gasteiger partial charge >= 0.3 is 0 Å². The molecule has 2 aromatic rings. The van der Waals surface area contributed by atoms with Crippen LogP contribution in [0.1, 0.15) is 12.1 Å². The Balaban J connectivity index is 1.87. The highest BCUT2D eigenvalue weighted by Crippen LogP contribution is 2.18. The normalized spacial score (nSPS) is 10.6. The molecular weight excluding hydrogens is 292 g/mol. The fourth-order valence-electron chi connectivity index (χ4n) is 1.77. The number of aromatic nitrogens is 3. The molecule has 0 unspecified atom stereocenters. The summed E-state index contributed by atoms with van der Waals surface area (Å²) in [5.41, 5.74) is 1.02. The largest absolute Gasteiger partial charge is 0.360 e. The van der Waals surface area contributed by atoms with Gasteiger partial charge in [0.25, 0.3) is 0 Å². The van der Waals surface area contributed by atoms with E-state index in [0.717, 1.165) is 35.5 Å². The first-order valence-electron chi connectivity index (χ1n) is 5.97. The van der Waals surface area contributed by atoms with Crippen molar-refractivity contribution in [3.05, 3.63) is 41.0 Å². The van der Waals surface area contributed by atoms with Crippen molar-refractivity contribution in [2.75, 3.05) is 18.5 Å². The molecule has 0 amide bonds. The van der Waals surface area contributed by atoms with E-state index in [2.05, 4.69) is 42.4 Å². The van der Waals surface area contributed by atoms with Crippen LogP contribution in [-0.2, 0) is 6.54 Å². The molecule has 0 spiro atoms. The van der Waals surface area contributed by atoms with E-state index >= 15 is 0 Å². The van der Waals surface area contributed by atoms with Crippen molar-refractivity contribution in [1.82, 2.24) is 14.5 Å². The van der Waals surface area contributed by atoms with Crippen LogP contribution in [0.3, 0.4) is 0 Å². The average molecular weight is 309 g/mol. The third kappa shape index (κ3) is 3.32. The Morgan fingerprint density at radius 3 is 2.89 bits per heavy atom. The Morgan fingerprint density at radius 1 is 1.39 bits per heavy atom. The van der Waals surface area contributed by atoms with E-state index in [0.29, 0.717) is 0 Å². The average Bonchev–Trinajstić information content (AvgIpc) is 2.85. The number of hydrogen-bond acceptors (Lipinski definition) is 3. The first kappa shape index (κ1) is 13.1. The summed E-state index contributed by atoms with van der Waals surface area (Å²) in [6, 6.07) is 4.08. The first-order chi connectivity index (χ1) is 8.66. The molecular formula is C13H17BrN4. The zero-order valence-electron chi connectivity index (χ0n) is 10.7. The molecule has 0 atom stereocenters. The summed E-state index contributed by atoms with van der Waals surface area (Å²) in [5.74, 6) is 1.02. The number of nitrogens with zero attached hydrogens (tertiary/aromatic N) is 4. The third-order valence-electron chi connectivity index (χ3n) is 2.87. The molecule has 18 heavy (non-hydrogen) atoms. The first-order valence-corrected chi connectivity index (χ1v) is 6.76. The van der Waals surface area contributed by atoms with E-state index in [-0.39, 0.29) is 0 Å². The quantitative estimate of drug-likeness (QED) is 0.851. The van der Waals surface area contributed by atoms with Crippen LogP contribution in [-0.4, -0.2) is 28.1 Å². The van der Waals surface area contributed by atoms with Gasteiger partial charge in [-0.05, 0) is 41.4 Å². The lowest BCUT2D eigenvalue weighted by Crippen LogP contribution is -2.21. The number of imidazole rings is 1. The van der Waals surface area contributed by atoms with Gasteiger partial charge in [0.2, 0.25) is 0 Å². The second kappa shape index (κ2) is 6.00. The van der Waals surface area contributed by atoms with E-state index < -0.39 is 0 Å². The van der Waals surface area contributed by atoms with Crippen LogP contribution in [0, 0.1) is 6.92 Å². The SMILES string of the molecule is Cc1nc(N(C)CCCn2ccnc2)ccc1Br. The van der Waals surface area contributed by atoms with Crippen LogP contribution < -0.4 is 4.90 Å². The number of anilines is 1. The molecule has 0 aliphatic carbocycles. The van der Waals surface area contributed by atoms with Gasteiger partial charge < -0.3 is 9.47 Å². The summed E-state index contributed by atoms with van der Waals surface area (Å²) in [4.78, 5) is 10.8. The molecule has 0 saturated heterocycles. The lowest BCUT2D eigenvalue weighted by molar-refractivity contribution is 0.635. The fourth-order valence-corrected chi connectivity index (χ4v) is 1.99. The van der Waals surface area contributed by atoms with Gasteiger partial charge in [-0.1, -0.05) is 0 Å². The van der Waals surface area contributed by atoms with Gasteiger partial charge in [-0.15, -0.1) is 0 Å². The standard InChI is InChI=1S/C13H17BrN4/c1-11-12(14)4-5-13(16-11)17(2)7-3-8-18-9-6-15-10-18/h4-6,9-10H,3,7-8H2,1-2H3. The summed E-state index contributed by atoms with van der Waals surface area (Å²) in [6.07, 6.45) is 6.72. The second-order valence-corrected chi connectivity index (χ2v) is 5.17. The van der Waals surface area contributed by atoms with Crippen LogP contribution >= 0.6 is 15.9 Å². The summed E-state index contributed by atoms with van der Waals surface area (Å²) in [6.45, 7) is 3.97. The van der Waals surface area contributed by atoms with Gasteiger partial charge in [0.1, 0.15) is 5.82 Å². The predicted octanol–water partition coefficient (Wildman–Crippen LogP) is 2.88. The Hall–Kier alpha value is -1.36. The Bertz CT molecular complexity index is 496. The molecule has 0 radical (unpaired) electrons. The molecule has 5 heteroatoms. The zero-order chi connectivity index (χ0) is 13.0. The molecule has 0 aliphatic rings. The van der Waals surface area contributed by atoms with E-state index in [9.17, 15) is 0 Å². The van der Waals surface area contributed by atoms with Gasteiger partial charge in [-0.25, -0.2) is 9.97 Å². The van der Waals surface area contributed by atoms with Gasteiger partial charge in [0, 0.05) is 37.0 Å². The van der Waals surface area contributed by atoms with Gasteiger partial charge in [0.15, 0.2) is 0 Å². The van der Waals surface area contributed by atoms with Crippen molar-refractivity contribution in [1.29, 1.82) is 0 Å². The molecule has 0 fully saturated rings. The zero-order valence-corrected chi connectivity index (χ0v) is 12.3. The highest BCUT2D eigenvalue weighted by atomic mass is 79.9. The summed E-state index contributed by atoms with van der Waals surface area (Å²) in [7, 11) is 2.07. The van der Waals surface area contributed by atoms with Crippen LogP contribution in [0.2, 0.25) is 0 Å². The van der Waals surface area contributed by atoms with Crippen molar-refractivity contribution >= 4 is 21.7 Å². The summed E-state index contributed by atoms with van der Waals surface area (Å²) >= 11 is 3.47. The van der Waals surface area contributed by atoms with E-state index in [1.807, 2.05) is 37.8 Å². The molecule has 96 valence electrons. The van der Waals surface area contributed by atoms with Gasteiger partial charge in [-0.3, -0.25) is 0 Å². The third-order valence-corrected chi connectivity index (χ3v) is 3.70. The fraction of sp³-hybridized carbons (Fsp3) is 0.385. The molecule has 2 aromatic heterocycles. The van der Waals surface area contributed by atoms with Gasteiger partial charge in [-0.2, -0.15) is 0 Å². The van der Waals surface area contributed by atoms with Crippen LogP contribution in [0.5, 0.6) is 0 Å². The van der Waals surface area contributed by atoms with Crippen LogP contribution in [0.4, 0.5) is 5.82 Å². The van der Waals surface area contributed by atoms with Crippen molar-refractivity contribution < 1.29 is 0 Å². The molecule has 0 aliphatic heterocycles. The molecule has 2 heterocycles. The molecule has 2 rings (SSSR count). The number of hydrogen-bond donors (Lipinski definition) is 0. The smallest absolute Gasteiger partial charge is 0.128 e. The van der Waals surface area contributed by atoms with Gasteiger partial charge in [0.05, 0.1) is 12.0 Å². The van der Waals surface area contributed by atoms with E-state index in [1.54, 1.807) is 0 Å². The Labute approximate surface area is 116 Å². The number of aryl methyl sites for hydroxylation is 2. The van der Waals surface area contributed by atoms with Crippen LogP contribution in [0.25, 0.3) is 0 Å². The molecule has 0 bridgehead atoms. The summed E-state index contributed by atoms with van der Waals surface area (Å²) < 4.78 is 3.15. The number of pyridine rings is 1. The molecule has 0 aromatic carbocycles. The van der Waals surface area contributed by atoms with Crippen molar-refractivity contribution in [3.8, 4) is 0 Å². The highest BCUT2D eigenvalue weighted by Gasteiger charge is 2.04. The minimum absolute atomic E-state index is 0.978. The minimum Gasteiger partial charge on any atom is -0.360 e. The van der Waals surface area contributed by atoms with Crippen LogP contribution in [0.15, 0.2) is 35.3 Å². The Morgan fingerprint density at radius 2 is 2.22 bits per heavy atom. The van der Waals surface area contributed by atoms with Crippen molar-refractivity contribution in [2.24, 2.45) is 0 Å². The number of halogens is 1.